The van der Waals surface area contributed by atoms with E-state index in [2.05, 4.69) is 50.3 Å². The van der Waals surface area contributed by atoms with Gasteiger partial charge in [0.25, 0.3) is 0 Å². The average Bonchev–Trinajstić information content (AvgIpc) is 2.49. The summed E-state index contributed by atoms with van der Waals surface area (Å²) in [6, 6.07) is 21.6. The van der Waals surface area contributed by atoms with Crippen LogP contribution in [-0.2, 0) is 21.1 Å². The fraction of sp³-hybridized carbons (Fsp3) is 0.273. The van der Waals surface area contributed by atoms with Crippen LogP contribution in [0.3, 0.4) is 0 Å². The van der Waals surface area contributed by atoms with Crippen molar-refractivity contribution in [2.75, 3.05) is 0 Å². The van der Waals surface area contributed by atoms with Gasteiger partial charge in [0.1, 0.15) is 0 Å². The smallest absolute Gasteiger partial charge is 0 e. The number of aryl methyl sites for hydroxylation is 2. The molecule has 23 heavy (non-hydrogen) atoms. The van der Waals surface area contributed by atoms with Crippen LogP contribution >= 0.6 is 0 Å². The largest absolute Gasteiger partial charge is 0.500 e. The summed E-state index contributed by atoms with van der Waals surface area (Å²) in [6.45, 7) is 4.13. The molecule has 0 unspecified atom stereocenters. The quantitative estimate of drug-likeness (QED) is 0.315. The zero-order valence-corrected chi connectivity index (χ0v) is 16.3. The van der Waals surface area contributed by atoms with Gasteiger partial charge in [-0.15, -0.1) is 0 Å². The van der Waals surface area contributed by atoms with Crippen molar-refractivity contribution in [3.05, 3.63) is 96.1 Å². The van der Waals surface area contributed by atoms with Gasteiger partial charge in [0.05, 0.1) is 0 Å². The second-order valence-electron chi connectivity index (χ2n) is 5.15. The summed E-state index contributed by atoms with van der Waals surface area (Å²) in [5, 5.41) is 0. The molecule has 2 aromatic carbocycles. The SMILES string of the molecule is Cc1cc[c-]cc1.Cc1cc[c-]cc1.[C-]1=CCCC=CCC1.[Pt]. The third-order valence-electron chi connectivity index (χ3n) is 3.01. The topological polar surface area (TPSA) is 0 Å². The average molecular weight is 485 g/mol. The van der Waals surface area contributed by atoms with Crippen LogP contribution in [0.4, 0.5) is 0 Å². The summed E-state index contributed by atoms with van der Waals surface area (Å²) in [6.07, 6.45) is 14.5. The molecule has 1 heteroatoms. The van der Waals surface area contributed by atoms with Crippen molar-refractivity contribution in [2.45, 2.75) is 39.5 Å². The predicted octanol–water partition coefficient (Wildman–Crippen LogP) is 6.06. The Morgan fingerprint density at radius 2 is 1.17 bits per heavy atom. The van der Waals surface area contributed by atoms with Gasteiger partial charge >= 0.3 is 0 Å². The molecule has 0 fully saturated rings. The molecular weight excluding hydrogens is 459 g/mol. The maximum Gasteiger partial charge on any atom is 0 e. The second kappa shape index (κ2) is 15.5. The molecule has 0 amide bonds. The molecule has 0 spiro atoms. The van der Waals surface area contributed by atoms with Crippen molar-refractivity contribution < 1.29 is 21.1 Å². The first-order chi connectivity index (χ1) is 10.8. The zero-order valence-electron chi connectivity index (χ0n) is 14.0. The Kier molecular flexibility index (Phi) is 14.6. The van der Waals surface area contributed by atoms with Crippen LogP contribution in [0.1, 0.15) is 36.8 Å². The molecule has 1 aliphatic rings. The Morgan fingerprint density at radius 1 is 0.696 bits per heavy atom. The minimum Gasteiger partial charge on any atom is -0.500 e. The molecule has 0 heterocycles. The number of allylic oxidation sites excluding steroid dienone is 4. The van der Waals surface area contributed by atoms with Gasteiger partial charge in [0.2, 0.25) is 0 Å². The van der Waals surface area contributed by atoms with Crippen molar-refractivity contribution in [3.8, 4) is 0 Å². The fourth-order valence-electron chi connectivity index (χ4n) is 1.73. The maximum absolute atomic E-state index is 3.21. The number of rotatable bonds is 0. The number of hydrogen-bond donors (Lipinski definition) is 0. The van der Waals surface area contributed by atoms with Crippen molar-refractivity contribution in [2.24, 2.45) is 0 Å². The van der Waals surface area contributed by atoms with E-state index in [9.17, 15) is 0 Å². The van der Waals surface area contributed by atoms with Gasteiger partial charge in [-0.3, -0.25) is 6.08 Å². The maximum atomic E-state index is 3.21. The first-order valence-electron chi connectivity index (χ1n) is 7.84. The molecule has 0 N–H and O–H groups in total. The standard InChI is InChI=1S/C8H11.2C7H7.Pt/c1-2-4-6-8-7-5-3-1;2*1-7-5-3-2-4-6-7;/h1-2,7H,3-6H2;2*3-6H,1H3;/q3*-1;. The first kappa shape index (κ1) is 21.6. The molecule has 3 rings (SSSR count). The molecule has 0 saturated heterocycles. The number of hydrogen-bond acceptors (Lipinski definition) is 0. The van der Waals surface area contributed by atoms with Crippen LogP contribution < -0.4 is 0 Å². The zero-order chi connectivity index (χ0) is 15.9. The van der Waals surface area contributed by atoms with E-state index >= 15 is 0 Å². The van der Waals surface area contributed by atoms with Crippen LogP contribution in [0.25, 0.3) is 0 Å². The molecule has 0 aliphatic heterocycles. The van der Waals surface area contributed by atoms with Crippen molar-refractivity contribution in [1.82, 2.24) is 0 Å². The Labute approximate surface area is 156 Å². The minimum absolute atomic E-state index is 0. The van der Waals surface area contributed by atoms with Gasteiger partial charge in [0, 0.05) is 21.1 Å². The molecule has 0 aromatic heterocycles. The van der Waals surface area contributed by atoms with E-state index in [1.807, 2.05) is 48.5 Å². The van der Waals surface area contributed by atoms with Crippen molar-refractivity contribution in [1.29, 1.82) is 0 Å². The Bertz CT molecular complexity index is 463. The molecule has 0 radical (unpaired) electrons. The van der Waals surface area contributed by atoms with Crippen LogP contribution in [0.15, 0.2) is 66.8 Å². The molecule has 1 aliphatic carbocycles. The van der Waals surface area contributed by atoms with Crippen LogP contribution in [0.5, 0.6) is 0 Å². The van der Waals surface area contributed by atoms with Gasteiger partial charge in [-0.1, -0.05) is 38.8 Å². The molecule has 0 nitrogen and oxygen atoms in total. The minimum atomic E-state index is 0. The summed E-state index contributed by atoms with van der Waals surface area (Å²) >= 11 is 0. The number of benzene rings is 2. The molecule has 2 aromatic rings. The van der Waals surface area contributed by atoms with E-state index in [0.717, 1.165) is 6.42 Å². The van der Waals surface area contributed by atoms with Gasteiger partial charge in [-0.25, -0.2) is 0 Å². The van der Waals surface area contributed by atoms with Crippen LogP contribution in [0.2, 0.25) is 0 Å². The van der Waals surface area contributed by atoms with E-state index in [1.165, 1.54) is 30.4 Å². The Hall–Kier alpha value is -1.39. The molecule has 126 valence electrons. The summed E-state index contributed by atoms with van der Waals surface area (Å²) in [5.74, 6) is 0. The summed E-state index contributed by atoms with van der Waals surface area (Å²) in [5.41, 5.74) is 2.58. The summed E-state index contributed by atoms with van der Waals surface area (Å²) in [7, 11) is 0. The van der Waals surface area contributed by atoms with E-state index in [0.29, 0.717) is 0 Å². The normalized spacial score (nSPS) is 12.3. The molecule has 0 atom stereocenters. The van der Waals surface area contributed by atoms with Gasteiger partial charge in [-0.2, -0.15) is 78.2 Å². The molecular formula is C22H25Pt-3. The van der Waals surface area contributed by atoms with Gasteiger partial charge in [-0.05, 0) is 6.42 Å². The monoisotopic (exact) mass is 484 g/mol. The van der Waals surface area contributed by atoms with Crippen LogP contribution in [0, 0.1) is 32.1 Å². The summed E-state index contributed by atoms with van der Waals surface area (Å²) < 4.78 is 0. The predicted molar refractivity (Wildman–Crippen MR) is 95.5 cm³/mol. The van der Waals surface area contributed by atoms with E-state index in [1.54, 1.807) is 0 Å². The molecule has 0 bridgehead atoms. The van der Waals surface area contributed by atoms with E-state index < -0.39 is 0 Å². The third kappa shape index (κ3) is 14.0. The van der Waals surface area contributed by atoms with Crippen molar-refractivity contribution in [3.63, 3.8) is 0 Å². The molecule has 0 saturated carbocycles. The fourth-order valence-corrected chi connectivity index (χ4v) is 1.73. The van der Waals surface area contributed by atoms with Crippen molar-refractivity contribution >= 4 is 0 Å². The Morgan fingerprint density at radius 3 is 1.61 bits per heavy atom. The summed E-state index contributed by atoms with van der Waals surface area (Å²) in [4.78, 5) is 0. The van der Waals surface area contributed by atoms with E-state index in [4.69, 9.17) is 0 Å². The second-order valence-corrected chi connectivity index (χ2v) is 5.15. The van der Waals surface area contributed by atoms with E-state index in [-0.39, 0.29) is 21.1 Å². The third-order valence-corrected chi connectivity index (χ3v) is 3.01. The first-order valence-corrected chi connectivity index (χ1v) is 7.84. The van der Waals surface area contributed by atoms with Gasteiger partial charge < -0.3 is 6.08 Å². The Balaban J connectivity index is 0.000000310. The van der Waals surface area contributed by atoms with Gasteiger partial charge in [0.15, 0.2) is 0 Å². The van der Waals surface area contributed by atoms with Crippen LogP contribution in [-0.4, -0.2) is 0 Å².